The van der Waals surface area contributed by atoms with Crippen LogP contribution in [0.15, 0.2) is 28.0 Å². The maximum atomic E-state index is 11.5. The molecule has 0 atom stereocenters. The number of carbonyl (C=O) groups is 1. The van der Waals surface area contributed by atoms with Crippen LogP contribution in [-0.4, -0.2) is 47.2 Å². The van der Waals surface area contributed by atoms with E-state index in [9.17, 15) is 40.9 Å². The van der Waals surface area contributed by atoms with Crippen LogP contribution in [0, 0.1) is 0 Å². The Kier molecular flexibility index (Phi) is 3.73. The van der Waals surface area contributed by atoms with Crippen LogP contribution in [0.2, 0.25) is 0 Å². The molecule has 0 bridgehead atoms. The minimum atomic E-state index is -5.48. The summed E-state index contributed by atoms with van der Waals surface area (Å²) < 4.78 is 64.4. The van der Waals surface area contributed by atoms with Crippen molar-refractivity contribution >= 4 is 37.0 Å². The summed E-state index contributed by atoms with van der Waals surface area (Å²) in [6.07, 6.45) is 0. The lowest BCUT2D eigenvalue weighted by Crippen LogP contribution is -2.15. The molecule has 0 spiro atoms. The van der Waals surface area contributed by atoms with Crippen LogP contribution in [0.25, 0.3) is 10.8 Å². The smallest absolute Gasteiger partial charge is 0.340 e. The fourth-order valence-corrected chi connectivity index (χ4v) is 4.35. The molecule has 0 saturated carbocycles. The molecule has 124 valence electrons. The fourth-order valence-electron chi connectivity index (χ4n) is 2.15. The summed E-state index contributed by atoms with van der Waals surface area (Å²) in [4.78, 5) is 8.05. The van der Waals surface area contributed by atoms with Crippen molar-refractivity contribution in [3.8, 4) is 11.5 Å². The van der Waals surface area contributed by atoms with E-state index in [1.807, 2.05) is 0 Å². The number of carboxylic acid groups (broad SMARTS) is 1. The van der Waals surface area contributed by atoms with E-state index in [0.29, 0.717) is 0 Å². The molecule has 0 amide bonds. The monoisotopic (exact) mass is 364 g/mol. The third-order valence-electron chi connectivity index (χ3n) is 2.92. The Morgan fingerprint density at radius 1 is 0.913 bits per heavy atom. The van der Waals surface area contributed by atoms with E-state index in [1.54, 1.807) is 0 Å². The fraction of sp³-hybridized carbons (Fsp3) is 0. The van der Waals surface area contributed by atoms with Crippen LogP contribution in [0.4, 0.5) is 0 Å². The Hall–Kier alpha value is -2.41. The Morgan fingerprint density at radius 3 is 1.87 bits per heavy atom. The number of phenols is 2. The lowest BCUT2D eigenvalue weighted by Gasteiger charge is -2.14. The van der Waals surface area contributed by atoms with Gasteiger partial charge in [-0.2, -0.15) is 16.8 Å². The van der Waals surface area contributed by atoms with Gasteiger partial charge in [0.1, 0.15) is 26.9 Å². The molecule has 23 heavy (non-hydrogen) atoms. The summed E-state index contributed by atoms with van der Waals surface area (Å²) >= 11 is 0. The highest BCUT2D eigenvalue weighted by molar-refractivity contribution is 7.89. The maximum Gasteiger partial charge on any atom is 0.340 e. The summed E-state index contributed by atoms with van der Waals surface area (Å²) in [7, 11) is -10.8. The van der Waals surface area contributed by atoms with Crippen molar-refractivity contribution in [2.75, 3.05) is 0 Å². The SMILES string of the molecule is O=C(O)c1c(S(=O)(=O)O)c(S(=O)(=O)O)c2cccc(O)c2c1O. The zero-order valence-electron chi connectivity index (χ0n) is 10.8. The van der Waals surface area contributed by atoms with Crippen molar-refractivity contribution in [3.63, 3.8) is 0 Å². The summed E-state index contributed by atoms with van der Waals surface area (Å²) in [5.41, 5.74) is -1.51. The minimum Gasteiger partial charge on any atom is -0.507 e. The molecular weight excluding hydrogens is 356 g/mol. The van der Waals surface area contributed by atoms with Gasteiger partial charge in [-0.1, -0.05) is 12.1 Å². The van der Waals surface area contributed by atoms with Gasteiger partial charge in [-0.25, -0.2) is 4.79 Å². The third kappa shape index (κ3) is 2.68. The Labute approximate surface area is 128 Å². The van der Waals surface area contributed by atoms with Gasteiger partial charge in [-0.15, -0.1) is 0 Å². The zero-order chi connectivity index (χ0) is 17.7. The first-order valence-electron chi connectivity index (χ1n) is 5.56. The second-order valence-corrected chi connectivity index (χ2v) is 7.05. The van der Waals surface area contributed by atoms with Crippen LogP contribution >= 0.6 is 0 Å². The molecule has 2 aromatic rings. The van der Waals surface area contributed by atoms with Crippen LogP contribution in [-0.2, 0) is 20.2 Å². The average molecular weight is 364 g/mol. The van der Waals surface area contributed by atoms with Crippen molar-refractivity contribution in [2.45, 2.75) is 9.79 Å². The summed E-state index contributed by atoms with van der Waals surface area (Å²) in [6.45, 7) is 0. The number of hydrogen-bond acceptors (Lipinski definition) is 7. The molecule has 0 aliphatic heterocycles. The molecule has 10 nitrogen and oxygen atoms in total. The first-order chi connectivity index (χ1) is 10.4. The van der Waals surface area contributed by atoms with Crippen molar-refractivity contribution in [1.82, 2.24) is 0 Å². The number of carboxylic acids is 1. The number of aromatic carboxylic acids is 1. The second-order valence-electron chi connectivity index (χ2n) is 4.34. The van der Waals surface area contributed by atoms with Gasteiger partial charge in [0.2, 0.25) is 0 Å². The minimum absolute atomic E-state index is 0.692. The van der Waals surface area contributed by atoms with E-state index in [0.717, 1.165) is 18.2 Å². The predicted octanol–water partition coefficient (Wildman–Crippen LogP) is 0.443. The van der Waals surface area contributed by atoms with Crippen LogP contribution in [0.5, 0.6) is 11.5 Å². The Morgan fingerprint density at radius 2 is 1.43 bits per heavy atom. The number of benzene rings is 2. The molecule has 12 heteroatoms. The number of hydrogen-bond donors (Lipinski definition) is 5. The molecule has 0 unspecified atom stereocenters. The normalized spacial score (nSPS) is 12.4. The quantitative estimate of drug-likeness (QED) is 0.478. The maximum absolute atomic E-state index is 11.5. The van der Waals surface area contributed by atoms with Crippen LogP contribution in [0.1, 0.15) is 10.4 Å². The molecule has 0 fully saturated rings. The van der Waals surface area contributed by atoms with Crippen molar-refractivity contribution in [2.24, 2.45) is 0 Å². The van der Waals surface area contributed by atoms with Gasteiger partial charge >= 0.3 is 5.97 Å². The van der Waals surface area contributed by atoms with Crippen molar-refractivity contribution < 1.29 is 46.1 Å². The molecule has 0 heterocycles. The first-order valence-corrected chi connectivity index (χ1v) is 8.44. The molecule has 0 aliphatic carbocycles. The molecule has 5 N–H and O–H groups in total. The Bertz CT molecular complexity index is 1050. The molecule has 2 aromatic carbocycles. The standard InChI is InChI=1S/C11H8O10S2/c12-5-3-1-2-4-6(5)8(13)7(11(14)15)10(23(19,20)21)9(4)22(16,17)18/h1-3,12-13H,(H,14,15)(H,16,17,18)(H,19,20,21). The third-order valence-corrected chi connectivity index (χ3v) is 4.92. The first kappa shape index (κ1) is 17.0. The van der Waals surface area contributed by atoms with Gasteiger partial charge in [0, 0.05) is 5.39 Å². The van der Waals surface area contributed by atoms with E-state index in [-0.39, 0.29) is 0 Å². The Balaban J connectivity index is 3.40. The number of phenolic OH excluding ortho intramolecular Hbond substituents is 1. The number of fused-ring (bicyclic) bond motifs is 1. The lowest BCUT2D eigenvalue weighted by atomic mass is 10.0. The van der Waals surface area contributed by atoms with Crippen LogP contribution < -0.4 is 0 Å². The van der Waals surface area contributed by atoms with Gasteiger partial charge < -0.3 is 15.3 Å². The van der Waals surface area contributed by atoms with Crippen molar-refractivity contribution in [1.29, 1.82) is 0 Å². The average Bonchev–Trinajstić information content (AvgIpc) is 2.34. The highest BCUT2D eigenvalue weighted by Crippen LogP contribution is 2.43. The molecule has 0 aliphatic rings. The molecule has 0 saturated heterocycles. The van der Waals surface area contributed by atoms with E-state index in [2.05, 4.69) is 0 Å². The van der Waals surface area contributed by atoms with E-state index in [1.165, 1.54) is 0 Å². The van der Waals surface area contributed by atoms with Gasteiger partial charge in [-0.3, -0.25) is 9.11 Å². The molecule has 0 radical (unpaired) electrons. The zero-order valence-corrected chi connectivity index (χ0v) is 12.5. The predicted molar refractivity (Wildman–Crippen MR) is 73.9 cm³/mol. The molecular formula is C11H8O10S2. The summed E-state index contributed by atoms with van der Waals surface area (Å²) in [5.74, 6) is -4.16. The summed E-state index contributed by atoms with van der Waals surface area (Å²) in [6, 6.07) is 2.92. The largest absolute Gasteiger partial charge is 0.507 e. The molecule has 2 rings (SSSR count). The van der Waals surface area contributed by atoms with Gasteiger partial charge in [0.05, 0.1) is 5.39 Å². The lowest BCUT2D eigenvalue weighted by molar-refractivity contribution is 0.0688. The number of rotatable bonds is 3. The van der Waals surface area contributed by atoms with Gasteiger partial charge in [-0.05, 0) is 6.07 Å². The van der Waals surface area contributed by atoms with E-state index in [4.69, 9.17) is 5.11 Å². The second kappa shape index (κ2) is 5.06. The van der Waals surface area contributed by atoms with Crippen LogP contribution in [0.3, 0.4) is 0 Å². The topological polar surface area (TPSA) is 186 Å². The van der Waals surface area contributed by atoms with Crippen molar-refractivity contribution in [3.05, 3.63) is 23.8 Å². The van der Waals surface area contributed by atoms with Gasteiger partial charge in [0.25, 0.3) is 20.2 Å². The number of aromatic hydroxyl groups is 2. The summed E-state index contributed by atoms with van der Waals surface area (Å²) in [5, 5.41) is 27.3. The van der Waals surface area contributed by atoms with E-state index < -0.39 is 63.8 Å². The molecule has 0 aromatic heterocycles. The van der Waals surface area contributed by atoms with E-state index >= 15 is 0 Å². The van der Waals surface area contributed by atoms with Gasteiger partial charge in [0.15, 0.2) is 0 Å². The highest BCUT2D eigenvalue weighted by atomic mass is 32.2. The highest BCUT2D eigenvalue weighted by Gasteiger charge is 2.36.